The molecule has 0 spiro atoms. The second-order valence-corrected chi connectivity index (χ2v) is 4.35. The summed E-state index contributed by atoms with van der Waals surface area (Å²) in [6, 6.07) is -0.666. The smallest absolute Gasteiger partial charge is 0.329 e. The van der Waals surface area contributed by atoms with Gasteiger partial charge in [0.05, 0.1) is 0 Å². The Morgan fingerprint density at radius 2 is 2.00 bits per heavy atom. The number of urea groups is 1. The number of alkyl halides is 3. The van der Waals surface area contributed by atoms with E-state index in [-0.39, 0.29) is 0 Å². The molecule has 0 unspecified atom stereocenters. The van der Waals surface area contributed by atoms with Crippen molar-refractivity contribution in [1.82, 2.24) is 15.5 Å². The molecular formula is C10H18F3N3O. The van der Waals surface area contributed by atoms with E-state index in [2.05, 4.69) is 5.32 Å². The van der Waals surface area contributed by atoms with Gasteiger partial charge in [-0.05, 0) is 31.8 Å². The lowest BCUT2D eigenvalue weighted by Gasteiger charge is -2.27. The SMILES string of the molecule is CN(CC1CCNCC1)C(=O)NCC(F)(F)F. The first-order chi connectivity index (χ1) is 7.88. The molecule has 0 saturated carbocycles. The minimum atomic E-state index is -4.36. The Morgan fingerprint density at radius 3 is 2.53 bits per heavy atom. The van der Waals surface area contributed by atoms with Crippen molar-refractivity contribution in [3.05, 3.63) is 0 Å². The normalized spacial score (nSPS) is 17.9. The fourth-order valence-electron chi connectivity index (χ4n) is 1.85. The maximum absolute atomic E-state index is 11.9. The highest BCUT2D eigenvalue weighted by Gasteiger charge is 2.28. The zero-order valence-corrected chi connectivity index (χ0v) is 9.81. The van der Waals surface area contributed by atoms with Gasteiger partial charge in [0.25, 0.3) is 0 Å². The molecule has 7 heteroatoms. The van der Waals surface area contributed by atoms with Crippen LogP contribution in [0.15, 0.2) is 0 Å². The first kappa shape index (κ1) is 14.1. The van der Waals surface area contributed by atoms with E-state index in [1.54, 1.807) is 0 Å². The molecule has 1 fully saturated rings. The van der Waals surface area contributed by atoms with Crippen molar-refractivity contribution in [2.45, 2.75) is 19.0 Å². The van der Waals surface area contributed by atoms with Crippen molar-refractivity contribution in [2.75, 3.05) is 33.2 Å². The van der Waals surface area contributed by atoms with E-state index in [9.17, 15) is 18.0 Å². The van der Waals surface area contributed by atoms with Crippen LogP contribution in [0.4, 0.5) is 18.0 Å². The largest absolute Gasteiger partial charge is 0.405 e. The Hall–Kier alpha value is -0.980. The summed E-state index contributed by atoms with van der Waals surface area (Å²) in [5.74, 6) is 0.373. The van der Waals surface area contributed by atoms with E-state index in [0.29, 0.717) is 12.5 Å². The highest BCUT2D eigenvalue weighted by molar-refractivity contribution is 5.73. The quantitative estimate of drug-likeness (QED) is 0.793. The average molecular weight is 253 g/mol. The molecule has 17 heavy (non-hydrogen) atoms. The van der Waals surface area contributed by atoms with Gasteiger partial charge in [-0.25, -0.2) is 4.79 Å². The third-order valence-corrected chi connectivity index (χ3v) is 2.78. The minimum Gasteiger partial charge on any atom is -0.329 e. The molecule has 1 aliphatic rings. The molecule has 1 aliphatic heterocycles. The predicted octanol–water partition coefficient (Wildman–Crippen LogP) is 1.19. The predicted molar refractivity (Wildman–Crippen MR) is 57.7 cm³/mol. The second kappa shape index (κ2) is 6.09. The van der Waals surface area contributed by atoms with Gasteiger partial charge in [-0.3, -0.25) is 0 Å². The van der Waals surface area contributed by atoms with Gasteiger partial charge >= 0.3 is 12.2 Å². The number of nitrogens with one attached hydrogen (secondary N) is 2. The average Bonchev–Trinajstić information content (AvgIpc) is 2.26. The third kappa shape index (κ3) is 5.76. The van der Waals surface area contributed by atoms with Gasteiger partial charge in [-0.2, -0.15) is 13.2 Å². The van der Waals surface area contributed by atoms with Crippen LogP contribution in [0.2, 0.25) is 0 Å². The molecule has 1 saturated heterocycles. The van der Waals surface area contributed by atoms with Crippen LogP contribution in [-0.2, 0) is 0 Å². The van der Waals surface area contributed by atoms with E-state index in [0.717, 1.165) is 25.9 Å². The van der Waals surface area contributed by atoms with Crippen molar-refractivity contribution < 1.29 is 18.0 Å². The fourth-order valence-corrected chi connectivity index (χ4v) is 1.85. The van der Waals surface area contributed by atoms with Crippen molar-refractivity contribution in [1.29, 1.82) is 0 Å². The van der Waals surface area contributed by atoms with Gasteiger partial charge < -0.3 is 15.5 Å². The van der Waals surface area contributed by atoms with Gasteiger partial charge in [0.2, 0.25) is 0 Å². The van der Waals surface area contributed by atoms with Crippen molar-refractivity contribution >= 4 is 6.03 Å². The summed E-state index contributed by atoms with van der Waals surface area (Å²) in [7, 11) is 1.52. The maximum atomic E-state index is 11.9. The lowest BCUT2D eigenvalue weighted by Crippen LogP contribution is -2.44. The fraction of sp³-hybridized carbons (Fsp3) is 0.900. The number of carbonyl (C=O) groups excluding carboxylic acids is 1. The molecule has 1 rings (SSSR count). The van der Waals surface area contributed by atoms with Gasteiger partial charge in [0, 0.05) is 13.6 Å². The summed E-state index contributed by atoms with van der Waals surface area (Å²) in [5, 5.41) is 5.05. The number of hydrogen-bond donors (Lipinski definition) is 2. The zero-order valence-electron chi connectivity index (χ0n) is 9.81. The van der Waals surface area contributed by atoms with Gasteiger partial charge in [-0.15, -0.1) is 0 Å². The van der Waals surface area contributed by atoms with Crippen molar-refractivity contribution in [3.63, 3.8) is 0 Å². The van der Waals surface area contributed by atoms with Gasteiger partial charge in [0.1, 0.15) is 6.54 Å². The van der Waals surface area contributed by atoms with Crippen molar-refractivity contribution in [2.24, 2.45) is 5.92 Å². The molecule has 100 valence electrons. The minimum absolute atomic E-state index is 0.373. The number of piperidine rings is 1. The number of carbonyl (C=O) groups is 1. The summed E-state index contributed by atoms with van der Waals surface area (Å²) >= 11 is 0. The molecule has 0 aromatic heterocycles. The molecular weight excluding hydrogens is 235 g/mol. The maximum Gasteiger partial charge on any atom is 0.405 e. The number of amides is 2. The van der Waals surface area contributed by atoms with Crippen LogP contribution in [0.25, 0.3) is 0 Å². The number of halogens is 3. The molecule has 0 aromatic rings. The summed E-state index contributed by atoms with van der Waals surface area (Å²) in [5.41, 5.74) is 0. The Labute approximate surface area is 98.5 Å². The molecule has 0 aliphatic carbocycles. The topological polar surface area (TPSA) is 44.4 Å². The van der Waals surface area contributed by atoms with Crippen LogP contribution < -0.4 is 10.6 Å². The Morgan fingerprint density at radius 1 is 1.41 bits per heavy atom. The van der Waals surface area contributed by atoms with Crippen LogP contribution in [0.5, 0.6) is 0 Å². The summed E-state index contributed by atoms with van der Waals surface area (Å²) in [6.07, 6.45) is -2.45. The third-order valence-electron chi connectivity index (χ3n) is 2.78. The van der Waals surface area contributed by atoms with E-state index >= 15 is 0 Å². The van der Waals surface area contributed by atoms with Crippen LogP contribution in [-0.4, -0.2) is 50.3 Å². The van der Waals surface area contributed by atoms with Gasteiger partial charge in [-0.1, -0.05) is 0 Å². The first-order valence-electron chi connectivity index (χ1n) is 5.65. The molecule has 0 bridgehead atoms. The molecule has 1 heterocycles. The highest BCUT2D eigenvalue weighted by atomic mass is 19.4. The standard InChI is InChI=1S/C10H18F3N3O/c1-16(6-8-2-4-14-5-3-8)9(17)15-7-10(11,12)13/h8,14H,2-7H2,1H3,(H,15,17). The Balaban J connectivity index is 2.26. The summed E-state index contributed by atoms with van der Waals surface area (Å²) in [4.78, 5) is 12.7. The molecule has 4 nitrogen and oxygen atoms in total. The van der Waals surface area contributed by atoms with E-state index in [1.165, 1.54) is 11.9 Å². The molecule has 2 amide bonds. The van der Waals surface area contributed by atoms with Crippen LogP contribution in [0, 0.1) is 5.92 Å². The molecule has 0 atom stereocenters. The van der Waals surface area contributed by atoms with Crippen LogP contribution >= 0.6 is 0 Å². The van der Waals surface area contributed by atoms with Crippen molar-refractivity contribution in [3.8, 4) is 0 Å². The van der Waals surface area contributed by atoms with Crippen LogP contribution in [0.1, 0.15) is 12.8 Å². The van der Waals surface area contributed by atoms with Crippen LogP contribution in [0.3, 0.4) is 0 Å². The summed E-state index contributed by atoms with van der Waals surface area (Å²) < 4.78 is 35.7. The lowest BCUT2D eigenvalue weighted by molar-refractivity contribution is -0.123. The Bertz CT molecular complexity index is 252. The lowest BCUT2D eigenvalue weighted by atomic mass is 9.98. The number of hydrogen-bond acceptors (Lipinski definition) is 2. The van der Waals surface area contributed by atoms with E-state index in [1.807, 2.05) is 5.32 Å². The highest BCUT2D eigenvalue weighted by Crippen LogP contribution is 2.14. The second-order valence-electron chi connectivity index (χ2n) is 4.35. The van der Waals surface area contributed by atoms with E-state index in [4.69, 9.17) is 0 Å². The van der Waals surface area contributed by atoms with Gasteiger partial charge in [0.15, 0.2) is 0 Å². The summed E-state index contributed by atoms with van der Waals surface area (Å²) in [6.45, 7) is 1.04. The monoisotopic (exact) mass is 253 g/mol. The number of rotatable bonds is 3. The zero-order chi connectivity index (χ0) is 12.9. The number of nitrogens with zero attached hydrogens (tertiary/aromatic N) is 1. The first-order valence-corrected chi connectivity index (χ1v) is 5.65. The van der Waals surface area contributed by atoms with E-state index < -0.39 is 18.8 Å². The molecule has 0 radical (unpaired) electrons. The molecule has 2 N–H and O–H groups in total. The molecule has 0 aromatic carbocycles. The Kier molecular flexibility index (Phi) is 5.04.